The number of morpholine rings is 1. The fraction of sp³-hybridized carbons (Fsp3) is 0.632. The molecule has 0 N–H and O–H groups in total. The minimum atomic E-state index is -3.68. The SMILES string of the molecule is COc1ccc(S(=O)(=O)N2CCOCC2)cc1C(=O)N1CCCC(N(C)C)C1. The van der Waals surface area contributed by atoms with Crippen molar-refractivity contribution in [3.8, 4) is 5.75 Å². The second-order valence-electron chi connectivity index (χ2n) is 7.39. The number of hydrogen-bond donors (Lipinski definition) is 0. The maximum Gasteiger partial charge on any atom is 0.257 e. The number of methoxy groups -OCH3 is 1. The van der Waals surface area contributed by atoms with Crippen molar-refractivity contribution >= 4 is 15.9 Å². The van der Waals surface area contributed by atoms with E-state index < -0.39 is 10.0 Å². The summed E-state index contributed by atoms with van der Waals surface area (Å²) < 4.78 is 38.0. The average molecular weight is 412 g/mol. The zero-order valence-electron chi connectivity index (χ0n) is 16.8. The smallest absolute Gasteiger partial charge is 0.257 e. The number of likely N-dealkylation sites (tertiary alicyclic amines) is 1. The lowest BCUT2D eigenvalue weighted by Gasteiger charge is -2.36. The second kappa shape index (κ2) is 8.77. The molecule has 0 radical (unpaired) electrons. The Morgan fingerprint density at radius 2 is 1.93 bits per heavy atom. The molecular weight excluding hydrogens is 382 g/mol. The first-order valence-electron chi connectivity index (χ1n) is 9.56. The molecule has 28 heavy (non-hydrogen) atoms. The Balaban J connectivity index is 1.89. The summed E-state index contributed by atoms with van der Waals surface area (Å²) in [5.41, 5.74) is 0.288. The summed E-state index contributed by atoms with van der Waals surface area (Å²) in [6.45, 7) is 2.66. The summed E-state index contributed by atoms with van der Waals surface area (Å²) in [4.78, 5) is 17.2. The van der Waals surface area contributed by atoms with Gasteiger partial charge in [0.15, 0.2) is 0 Å². The number of piperidine rings is 1. The van der Waals surface area contributed by atoms with Crippen LogP contribution in [-0.2, 0) is 14.8 Å². The molecule has 2 fully saturated rings. The predicted molar refractivity (Wildman–Crippen MR) is 105 cm³/mol. The largest absolute Gasteiger partial charge is 0.496 e. The third-order valence-electron chi connectivity index (χ3n) is 5.42. The maximum atomic E-state index is 13.2. The van der Waals surface area contributed by atoms with Gasteiger partial charge in [-0.2, -0.15) is 4.31 Å². The van der Waals surface area contributed by atoms with E-state index in [-0.39, 0.29) is 16.4 Å². The van der Waals surface area contributed by atoms with Crippen molar-refractivity contribution in [2.45, 2.75) is 23.8 Å². The van der Waals surface area contributed by atoms with Crippen molar-refractivity contribution in [3.05, 3.63) is 23.8 Å². The van der Waals surface area contributed by atoms with Gasteiger partial charge in [0, 0.05) is 32.2 Å². The standard InChI is InChI=1S/C19H29N3O5S/c1-20(2)15-5-4-8-21(14-15)19(23)17-13-16(6-7-18(17)26-3)28(24,25)22-9-11-27-12-10-22/h6-7,13,15H,4-5,8-12,14H2,1-3H3. The quantitative estimate of drug-likeness (QED) is 0.716. The van der Waals surface area contributed by atoms with Gasteiger partial charge in [-0.15, -0.1) is 0 Å². The summed E-state index contributed by atoms with van der Waals surface area (Å²) in [5.74, 6) is 0.195. The Bertz CT molecular complexity index is 806. The van der Waals surface area contributed by atoms with Gasteiger partial charge in [-0.05, 0) is 45.1 Å². The minimum Gasteiger partial charge on any atom is -0.496 e. The molecule has 156 valence electrons. The number of carbonyl (C=O) groups is 1. The highest BCUT2D eigenvalue weighted by Crippen LogP contribution is 2.27. The Morgan fingerprint density at radius 1 is 1.21 bits per heavy atom. The van der Waals surface area contributed by atoms with Crippen molar-refractivity contribution < 1.29 is 22.7 Å². The Labute approximate surface area is 167 Å². The molecule has 0 bridgehead atoms. The number of benzene rings is 1. The summed E-state index contributed by atoms with van der Waals surface area (Å²) in [6.07, 6.45) is 1.96. The lowest BCUT2D eigenvalue weighted by molar-refractivity contribution is 0.0631. The summed E-state index contributed by atoms with van der Waals surface area (Å²) in [5, 5.41) is 0. The number of nitrogens with zero attached hydrogens (tertiary/aromatic N) is 3. The first kappa shape index (κ1) is 21.0. The van der Waals surface area contributed by atoms with Crippen LogP contribution in [-0.4, -0.2) is 95.1 Å². The lowest BCUT2D eigenvalue weighted by Crippen LogP contribution is -2.47. The third-order valence-corrected chi connectivity index (χ3v) is 7.32. The Morgan fingerprint density at radius 3 is 2.57 bits per heavy atom. The number of likely N-dealkylation sites (N-methyl/N-ethyl adjacent to an activating group) is 1. The second-order valence-corrected chi connectivity index (χ2v) is 9.33. The number of sulfonamides is 1. The van der Waals surface area contributed by atoms with Gasteiger partial charge in [-0.25, -0.2) is 8.42 Å². The van der Waals surface area contributed by atoms with Gasteiger partial charge in [0.1, 0.15) is 5.75 Å². The topological polar surface area (TPSA) is 79.4 Å². The third kappa shape index (κ3) is 4.32. The van der Waals surface area contributed by atoms with E-state index in [9.17, 15) is 13.2 Å². The van der Waals surface area contributed by atoms with Crippen LogP contribution < -0.4 is 4.74 Å². The maximum absolute atomic E-state index is 13.2. The van der Waals surface area contributed by atoms with E-state index in [4.69, 9.17) is 9.47 Å². The monoisotopic (exact) mass is 411 g/mol. The molecule has 3 rings (SSSR count). The van der Waals surface area contributed by atoms with Gasteiger partial charge in [0.25, 0.3) is 5.91 Å². The first-order valence-corrected chi connectivity index (χ1v) is 11.0. The van der Waals surface area contributed by atoms with Crippen LogP contribution in [0.1, 0.15) is 23.2 Å². The van der Waals surface area contributed by atoms with Gasteiger partial charge in [0.05, 0.1) is 30.8 Å². The fourth-order valence-electron chi connectivity index (χ4n) is 3.68. The molecule has 9 heteroatoms. The molecule has 0 saturated carbocycles. The average Bonchev–Trinajstić information content (AvgIpc) is 2.73. The molecule has 2 saturated heterocycles. The van der Waals surface area contributed by atoms with Gasteiger partial charge in [0.2, 0.25) is 10.0 Å². The molecule has 0 aromatic heterocycles. The van der Waals surface area contributed by atoms with Gasteiger partial charge in [-0.1, -0.05) is 0 Å². The van der Waals surface area contributed by atoms with Gasteiger partial charge >= 0.3 is 0 Å². The van der Waals surface area contributed by atoms with Crippen LogP contribution in [0.3, 0.4) is 0 Å². The fourth-order valence-corrected chi connectivity index (χ4v) is 5.12. The van der Waals surface area contributed by atoms with Crippen molar-refractivity contribution in [3.63, 3.8) is 0 Å². The lowest BCUT2D eigenvalue weighted by atomic mass is 10.0. The zero-order valence-corrected chi connectivity index (χ0v) is 17.6. The molecule has 2 heterocycles. The molecule has 1 unspecified atom stereocenters. The van der Waals surface area contributed by atoms with Crippen LogP contribution in [0.5, 0.6) is 5.75 Å². The summed E-state index contributed by atoms with van der Waals surface area (Å²) in [7, 11) is 1.83. The van der Waals surface area contributed by atoms with Crippen LogP contribution in [0.4, 0.5) is 0 Å². The number of rotatable bonds is 5. The number of amides is 1. The normalized spacial score (nSPS) is 21.7. The number of ether oxygens (including phenoxy) is 2. The highest BCUT2D eigenvalue weighted by molar-refractivity contribution is 7.89. The van der Waals surface area contributed by atoms with Crippen molar-refractivity contribution in [2.75, 3.05) is 60.6 Å². The molecule has 8 nitrogen and oxygen atoms in total. The first-order chi connectivity index (χ1) is 13.3. The number of carbonyl (C=O) groups excluding carboxylic acids is 1. The van der Waals surface area contributed by atoms with E-state index in [2.05, 4.69) is 4.90 Å². The summed E-state index contributed by atoms with van der Waals surface area (Å²) >= 11 is 0. The summed E-state index contributed by atoms with van der Waals surface area (Å²) in [6, 6.07) is 4.81. The Hall–Kier alpha value is -1.68. The van der Waals surface area contributed by atoms with Crippen molar-refractivity contribution in [2.24, 2.45) is 0 Å². The van der Waals surface area contributed by atoms with E-state index in [0.29, 0.717) is 51.2 Å². The molecule has 1 amide bonds. The molecule has 1 atom stereocenters. The van der Waals surface area contributed by atoms with E-state index in [1.807, 2.05) is 14.1 Å². The van der Waals surface area contributed by atoms with Crippen molar-refractivity contribution in [1.29, 1.82) is 0 Å². The van der Waals surface area contributed by atoms with Crippen LogP contribution in [0.15, 0.2) is 23.1 Å². The van der Waals surface area contributed by atoms with Gasteiger partial charge < -0.3 is 19.3 Å². The minimum absolute atomic E-state index is 0.111. The zero-order chi connectivity index (χ0) is 20.3. The van der Waals surface area contributed by atoms with E-state index in [1.54, 1.807) is 11.0 Å². The van der Waals surface area contributed by atoms with Crippen molar-refractivity contribution in [1.82, 2.24) is 14.1 Å². The van der Waals surface area contributed by atoms with Crippen LogP contribution in [0, 0.1) is 0 Å². The van der Waals surface area contributed by atoms with E-state index in [1.165, 1.54) is 23.5 Å². The molecule has 0 aliphatic carbocycles. The van der Waals surface area contributed by atoms with Crippen LogP contribution in [0.2, 0.25) is 0 Å². The Kier molecular flexibility index (Phi) is 6.59. The molecule has 1 aromatic rings. The predicted octanol–water partition coefficient (Wildman–Crippen LogP) is 0.882. The van der Waals surface area contributed by atoms with Crippen LogP contribution >= 0.6 is 0 Å². The highest BCUT2D eigenvalue weighted by atomic mass is 32.2. The molecule has 2 aliphatic heterocycles. The van der Waals surface area contributed by atoms with Gasteiger partial charge in [-0.3, -0.25) is 4.79 Å². The molecule has 0 spiro atoms. The number of hydrogen-bond acceptors (Lipinski definition) is 6. The van der Waals surface area contributed by atoms with E-state index in [0.717, 1.165) is 12.8 Å². The highest BCUT2D eigenvalue weighted by Gasteiger charge is 2.31. The van der Waals surface area contributed by atoms with E-state index >= 15 is 0 Å². The molecular formula is C19H29N3O5S. The molecule has 2 aliphatic rings. The van der Waals surface area contributed by atoms with Crippen LogP contribution in [0.25, 0.3) is 0 Å². The molecule has 1 aromatic carbocycles.